The highest BCUT2D eigenvalue weighted by molar-refractivity contribution is 6.03. The maximum absolute atomic E-state index is 14.8. The third kappa shape index (κ3) is 10.5. The molecule has 0 bridgehead atoms. The molecule has 3 N–H and O–H groups in total. The van der Waals surface area contributed by atoms with Gasteiger partial charge in [0, 0.05) is 50.6 Å². The number of hydrogen-bond acceptors (Lipinski definition) is 13. The summed E-state index contributed by atoms with van der Waals surface area (Å²) in [5.41, 5.74) is 3.07. The lowest BCUT2D eigenvalue weighted by Crippen LogP contribution is -2.70. The predicted octanol–water partition coefficient (Wildman–Crippen LogP) is 7.90. The molecule has 3 heterocycles. The minimum Gasteiger partial charge on any atom is -0.459 e. The van der Waals surface area contributed by atoms with Crippen molar-refractivity contribution in [1.29, 1.82) is 0 Å². The van der Waals surface area contributed by atoms with Crippen LogP contribution in [0.4, 0.5) is 9.59 Å². The smallest absolute Gasteiger partial charge is 0.412 e. The third-order valence-electron chi connectivity index (χ3n) is 12.5. The van der Waals surface area contributed by atoms with Gasteiger partial charge < -0.3 is 53.5 Å². The van der Waals surface area contributed by atoms with Crippen LogP contribution in [0.1, 0.15) is 94.6 Å². The van der Waals surface area contributed by atoms with E-state index in [9.17, 15) is 19.8 Å². The SMILES string of the molecule is C=CCCOC(=O)N(Cc1ccc2c(c1)OCO2)[C@H]1CC(=NOC2CCCCO2)C2=C[C@H](CCCCO)[C@@H](CCCCO)[C@@H]3c4cc(OC(=O)NCC)ccc4O[C@@]1(OCC=C)[C@H]23. The van der Waals surface area contributed by atoms with Crippen molar-refractivity contribution in [3.05, 3.63) is 84.5 Å². The molecule has 1 unspecified atom stereocenters. The molecule has 0 radical (unpaired) electrons. The van der Waals surface area contributed by atoms with E-state index in [2.05, 4.69) is 24.6 Å². The summed E-state index contributed by atoms with van der Waals surface area (Å²) in [4.78, 5) is 35.5. The van der Waals surface area contributed by atoms with E-state index in [1.165, 1.54) is 0 Å². The predicted molar refractivity (Wildman–Crippen MR) is 234 cm³/mol. The van der Waals surface area contributed by atoms with Crippen LogP contribution in [0.25, 0.3) is 0 Å². The zero-order valence-corrected chi connectivity index (χ0v) is 36.4. The second-order valence-electron chi connectivity index (χ2n) is 16.6. The van der Waals surface area contributed by atoms with Gasteiger partial charge in [-0.2, -0.15) is 0 Å². The minimum atomic E-state index is -1.54. The lowest BCUT2D eigenvalue weighted by Gasteiger charge is -2.59. The number of nitrogens with zero attached hydrogens (tertiary/aromatic N) is 2. The van der Waals surface area contributed by atoms with Crippen molar-refractivity contribution in [3.63, 3.8) is 0 Å². The maximum atomic E-state index is 14.8. The van der Waals surface area contributed by atoms with Crippen molar-refractivity contribution in [2.45, 2.75) is 108 Å². The van der Waals surface area contributed by atoms with E-state index in [-0.39, 0.29) is 63.9 Å². The number of oxime groups is 1. The highest BCUT2D eigenvalue weighted by atomic mass is 16.8. The van der Waals surface area contributed by atoms with Gasteiger partial charge >= 0.3 is 12.2 Å². The van der Waals surface area contributed by atoms with E-state index in [0.717, 1.165) is 55.2 Å². The molecule has 2 aliphatic carbocycles. The Balaban J connectivity index is 1.44. The summed E-state index contributed by atoms with van der Waals surface area (Å²) in [6, 6.07) is 10.1. The zero-order valence-electron chi connectivity index (χ0n) is 36.4. The second-order valence-corrected chi connectivity index (χ2v) is 16.6. The summed E-state index contributed by atoms with van der Waals surface area (Å²) in [6.45, 7) is 11.1. The number of rotatable bonds is 21. The largest absolute Gasteiger partial charge is 0.459 e. The number of carbonyl (C=O) groups excluding carboxylic acids is 2. The molecule has 0 aromatic heterocycles. The normalized spacial score (nSPS) is 26.0. The molecule has 1 saturated carbocycles. The maximum Gasteiger partial charge on any atom is 0.412 e. The number of allylic oxidation sites excluding steroid dienone is 1. The van der Waals surface area contributed by atoms with E-state index >= 15 is 0 Å². The van der Waals surface area contributed by atoms with E-state index in [1.807, 2.05) is 31.2 Å². The molecule has 15 heteroatoms. The van der Waals surface area contributed by atoms with Crippen LogP contribution in [0.15, 0.2) is 78.5 Å². The summed E-state index contributed by atoms with van der Waals surface area (Å²) < 4.78 is 43.6. The Morgan fingerprint density at radius 1 is 1.00 bits per heavy atom. The minimum absolute atomic E-state index is 0.00352. The average Bonchev–Trinajstić information content (AvgIpc) is 3.77. The van der Waals surface area contributed by atoms with Crippen molar-refractivity contribution >= 4 is 17.9 Å². The molecule has 2 fully saturated rings. The molecule has 2 aromatic carbocycles. The lowest BCUT2D eigenvalue weighted by molar-refractivity contribution is -0.256. The van der Waals surface area contributed by atoms with E-state index < -0.39 is 36.2 Å². The van der Waals surface area contributed by atoms with Crippen LogP contribution in [0.5, 0.6) is 23.0 Å². The van der Waals surface area contributed by atoms with Gasteiger partial charge in [0.15, 0.2) is 11.5 Å². The Hall–Kier alpha value is -5.09. The monoisotopic (exact) mass is 873 g/mol. The Kier molecular flexibility index (Phi) is 16.0. The van der Waals surface area contributed by atoms with Gasteiger partial charge in [0.1, 0.15) is 17.5 Å². The first kappa shape index (κ1) is 45.9. The summed E-state index contributed by atoms with van der Waals surface area (Å²) >= 11 is 0. The van der Waals surface area contributed by atoms with Crippen LogP contribution in [-0.2, 0) is 25.6 Å². The summed E-state index contributed by atoms with van der Waals surface area (Å²) in [5, 5.41) is 27.5. The number of ether oxygens (including phenoxy) is 7. The number of amides is 2. The summed E-state index contributed by atoms with van der Waals surface area (Å²) in [7, 11) is 0. The van der Waals surface area contributed by atoms with Crippen LogP contribution >= 0.6 is 0 Å². The molecule has 1 saturated heterocycles. The first-order valence-corrected chi connectivity index (χ1v) is 22.6. The highest BCUT2D eigenvalue weighted by Gasteiger charge is 2.66. The van der Waals surface area contributed by atoms with Gasteiger partial charge in [-0.3, -0.25) is 4.90 Å². The molecule has 7 atom stereocenters. The van der Waals surface area contributed by atoms with Crippen LogP contribution in [0.2, 0.25) is 0 Å². The molecule has 2 amide bonds. The fourth-order valence-corrected chi connectivity index (χ4v) is 9.77. The molecule has 0 spiro atoms. The number of fused-ring (bicyclic) bond motifs is 3. The number of carbonyl (C=O) groups is 2. The fraction of sp³-hybridized carbons (Fsp3) is 0.562. The quantitative estimate of drug-likeness (QED) is 0.0629. The van der Waals surface area contributed by atoms with Crippen LogP contribution < -0.4 is 24.3 Å². The highest BCUT2D eigenvalue weighted by Crippen LogP contribution is 2.62. The molecule has 63 heavy (non-hydrogen) atoms. The van der Waals surface area contributed by atoms with Gasteiger partial charge in [-0.05, 0) is 105 Å². The van der Waals surface area contributed by atoms with E-state index in [4.69, 9.17) is 43.2 Å². The van der Waals surface area contributed by atoms with Crippen LogP contribution in [0, 0.1) is 17.8 Å². The number of aliphatic hydroxyl groups excluding tert-OH is 2. The number of nitrogens with one attached hydrogen (secondary N) is 1. The third-order valence-corrected chi connectivity index (χ3v) is 12.5. The van der Waals surface area contributed by atoms with Gasteiger partial charge in [-0.25, -0.2) is 9.59 Å². The number of unbranched alkanes of at least 4 members (excludes halogenated alkanes) is 2. The van der Waals surface area contributed by atoms with Crippen molar-refractivity contribution in [2.24, 2.45) is 22.9 Å². The van der Waals surface area contributed by atoms with E-state index in [1.54, 1.807) is 29.2 Å². The Bertz CT molecular complexity index is 1970. The lowest BCUT2D eigenvalue weighted by atomic mass is 9.55. The summed E-state index contributed by atoms with van der Waals surface area (Å²) in [6.07, 6.45) is 11.4. The molecule has 15 nitrogen and oxygen atoms in total. The number of hydrogen-bond donors (Lipinski definition) is 3. The Morgan fingerprint density at radius 2 is 1.81 bits per heavy atom. The van der Waals surface area contributed by atoms with Crippen LogP contribution in [-0.4, -0.2) is 97.5 Å². The van der Waals surface area contributed by atoms with Crippen LogP contribution in [0.3, 0.4) is 0 Å². The van der Waals surface area contributed by atoms with Crippen molar-refractivity contribution in [3.8, 4) is 23.0 Å². The van der Waals surface area contributed by atoms with Crippen molar-refractivity contribution in [2.75, 3.05) is 46.4 Å². The van der Waals surface area contributed by atoms with Crippen molar-refractivity contribution < 1.29 is 57.8 Å². The molecule has 3 aliphatic heterocycles. The van der Waals surface area contributed by atoms with Gasteiger partial charge in [-0.15, -0.1) is 13.2 Å². The standard InChI is InChI=1S/C48H63N3O12/c1-4-7-24-57-47(55)51(30-32-17-19-40-41(26-32)59-31-58-40)42-29-38(50-63-43-16-10-13-25-56-43)36-27-33(14-8-11-21-52)35(15-9-12-22-53)44-37-28-34(61-46(54)49-6-3)18-20-39(37)62-48(42,45(36)44)60-23-5-2/h4-5,17-20,26-28,33,35,42-45,52-53H,1-2,6-16,21-25,29-31H2,3H3,(H,49,54)/t33-,35+,42-,43?,44+,45+,48+/m0/s1. The topological polar surface area (TPSA) is 176 Å². The zero-order chi connectivity index (χ0) is 44.2. The molecular formula is C48H63N3O12. The number of benzene rings is 2. The fourth-order valence-electron chi connectivity index (χ4n) is 9.77. The van der Waals surface area contributed by atoms with Gasteiger partial charge in [-0.1, -0.05) is 42.3 Å². The average molecular weight is 874 g/mol. The molecule has 5 aliphatic rings. The molecule has 342 valence electrons. The van der Waals surface area contributed by atoms with Crippen molar-refractivity contribution in [1.82, 2.24) is 10.2 Å². The second kappa shape index (κ2) is 22.0. The first-order valence-electron chi connectivity index (χ1n) is 22.6. The van der Waals surface area contributed by atoms with Gasteiger partial charge in [0.2, 0.25) is 18.9 Å². The van der Waals surface area contributed by atoms with Gasteiger partial charge in [0.05, 0.1) is 31.5 Å². The summed E-state index contributed by atoms with van der Waals surface area (Å²) in [5.74, 6) is -0.456. The first-order chi connectivity index (χ1) is 30.8. The van der Waals surface area contributed by atoms with E-state index in [0.29, 0.717) is 67.5 Å². The molecule has 2 aromatic rings. The number of aliphatic hydroxyl groups is 2. The van der Waals surface area contributed by atoms with Gasteiger partial charge in [0.25, 0.3) is 0 Å². The Labute approximate surface area is 370 Å². The molecule has 7 rings (SSSR count). The Morgan fingerprint density at radius 3 is 2.57 bits per heavy atom. The molecular weight excluding hydrogens is 811 g/mol.